The van der Waals surface area contributed by atoms with Crippen LogP contribution in [0.15, 0.2) is 60.7 Å². The molecule has 0 amide bonds. The Labute approximate surface area is 122 Å². The summed E-state index contributed by atoms with van der Waals surface area (Å²) in [5, 5.41) is 8.29. The lowest BCUT2D eigenvalue weighted by Gasteiger charge is -1.93. The molecule has 0 aliphatic heterocycles. The lowest BCUT2D eigenvalue weighted by molar-refractivity contribution is 0.415. The van der Waals surface area contributed by atoms with Crippen LogP contribution in [0, 0.1) is 11.3 Å². The van der Waals surface area contributed by atoms with Gasteiger partial charge >= 0.3 is 0 Å². The zero-order valence-electron chi connectivity index (χ0n) is 12.7. The summed E-state index contributed by atoms with van der Waals surface area (Å²) < 4.78 is 4.91. The van der Waals surface area contributed by atoms with E-state index in [9.17, 15) is 0 Å². The van der Waals surface area contributed by atoms with Gasteiger partial charge in [-0.15, -0.1) is 0 Å². The maximum Gasteiger partial charge on any atom is 0.118 e. The average molecular weight is 272 g/mol. The third kappa shape index (κ3) is 10.8. The summed E-state index contributed by atoms with van der Waals surface area (Å²) in [5.41, 5.74) is 5.22. The van der Waals surface area contributed by atoms with Gasteiger partial charge in [-0.3, -0.25) is 0 Å². The Kier molecular flexibility index (Phi) is 16.7. The van der Waals surface area contributed by atoms with Crippen molar-refractivity contribution < 1.29 is 4.74 Å². The normalized spacial score (nSPS) is 7.20. The van der Waals surface area contributed by atoms with Crippen LogP contribution in [0.4, 0.5) is 0 Å². The molecule has 0 aliphatic carbocycles. The Morgan fingerprint density at radius 1 is 0.850 bits per heavy atom. The van der Waals surface area contributed by atoms with Crippen LogP contribution in [0.1, 0.15) is 19.4 Å². The number of nitrogens with zero attached hydrogens (tertiary/aromatic N) is 1. The van der Waals surface area contributed by atoms with Crippen molar-refractivity contribution in [3.63, 3.8) is 0 Å². The molecule has 2 N–H and O–H groups in total. The molecule has 0 aromatic heterocycles. The van der Waals surface area contributed by atoms with Crippen molar-refractivity contribution in [1.29, 1.82) is 5.26 Å². The highest BCUT2D eigenvalue weighted by atomic mass is 16.5. The lowest BCUT2D eigenvalue weighted by Crippen LogP contribution is -1.78. The fraction of sp³-hybridized carbons (Fsp3) is 0.235. The molecule has 2 aromatic rings. The lowest BCUT2D eigenvalue weighted by atomic mass is 10.2. The third-order valence-electron chi connectivity index (χ3n) is 1.88. The molecule has 0 aliphatic rings. The van der Waals surface area contributed by atoms with Crippen molar-refractivity contribution in [2.75, 3.05) is 14.2 Å². The maximum absolute atomic E-state index is 8.29. The molecule has 0 heterocycles. The molecule has 3 nitrogen and oxygen atoms in total. The van der Waals surface area contributed by atoms with Gasteiger partial charge in [-0.1, -0.05) is 50.2 Å². The van der Waals surface area contributed by atoms with E-state index in [2.05, 4.69) is 5.73 Å². The summed E-state index contributed by atoms with van der Waals surface area (Å²) in [4.78, 5) is 0. The molecule has 108 valence electrons. The van der Waals surface area contributed by atoms with Gasteiger partial charge < -0.3 is 10.5 Å². The van der Waals surface area contributed by atoms with Crippen molar-refractivity contribution in [3.8, 4) is 11.8 Å². The topological polar surface area (TPSA) is 59.0 Å². The first kappa shape index (κ1) is 20.0. The average Bonchev–Trinajstić information content (AvgIpc) is 2.60. The van der Waals surface area contributed by atoms with Crippen molar-refractivity contribution in [3.05, 3.63) is 66.2 Å². The van der Waals surface area contributed by atoms with E-state index in [0.29, 0.717) is 5.56 Å². The Balaban J connectivity index is 0. The Morgan fingerprint density at radius 3 is 1.50 bits per heavy atom. The predicted molar refractivity (Wildman–Crippen MR) is 85.6 cm³/mol. The minimum atomic E-state index is 0.715. The van der Waals surface area contributed by atoms with Crippen LogP contribution in [-0.4, -0.2) is 14.2 Å². The molecule has 20 heavy (non-hydrogen) atoms. The first-order valence-electron chi connectivity index (χ1n) is 6.48. The molecule has 0 saturated heterocycles. The second-order valence-corrected chi connectivity index (χ2v) is 3.00. The van der Waals surface area contributed by atoms with Crippen LogP contribution in [0.3, 0.4) is 0 Å². The quantitative estimate of drug-likeness (QED) is 0.857. The first-order valence-corrected chi connectivity index (χ1v) is 6.48. The monoisotopic (exact) mass is 272 g/mol. The summed E-state index contributed by atoms with van der Waals surface area (Å²) in [7, 11) is 3.16. The summed E-state index contributed by atoms with van der Waals surface area (Å²) in [6.45, 7) is 4.00. The Bertz CT molecular complexity index is 436. The largest absolute Gasteiger partial charge is 0.497 e. The number of methoxy groups -OCH3 is 1. The number of hydrogen-bond acceptors (Lipinski definition) is 3. The number of benzene rings is 2. The van der Waals surface area contributed by atoms with Crippen molar-refractivity contribution in [2.45, 2.75) is 13.8 Å². The highest BCUT2D eigenvalue weighted by Gasteiger charge is 1.80. The highest BCUT2D eigenvalue weighted by Crippen LogP contribution is 2.05. The van der Waals surface area contributed by atoms with E-state index >= 15 is 0 Å². The summed E-state index contributed by atoms with van der Waals surface area (Å²) in [6.07, 6.45) is 0. The molecule has 3 heteroatoms. The zero-order chi connectivity index (χ0) is 15.6. The third-order valence-corrected chi connectivity index (χ3v) is 1.88. The standard InChI is InChI=1S/C7H5N.C7H8O.C2H6.CH5N/c8-6-7-4-2-1-3-5-7;1-8-7-5-3-2-4-6-7;2*1-2/h1-5H;2-6H,1H3;1-2H3;2H2,1H3. The van der Waals surface area contributed by atoms with E-state index in [-0.39, 0.29) is 0 Å². The molecular weight excluding hydrogens is 248 g/mol. The van der Waals surface area contributed by atoms with Crippen LogP contribution < -0.4 is 10.5 Å². The highest BCUT2D eigenvalue weighted by molar-refractivity contribution is 5.27. The molecule has 0 bridgehead atoms. The number of para-hydroxylation sites is 1. The van der Waals surface area contributed by atoms with Gasteiger partial charge in [0.2, 0.25) is 0 Å². The Morgan fingerprint density at radius 2 is 1.25 bits per heavy atom. The minimum absolute atomic E-state index is 0.715. The smallest absolute Gasteiger partial charge is 0.118 e. The number of hydrogen-bond donors (Lipinski definition) is 1. The molecule has 0 spiro atoms. The summed E-state index contributed by atoms with van der Waals surface area (Å²) in [6, 6.07) is 20.8. The maximum atomic E-state index is 8.29. The number of ether oxygens (including phenoxy) is 1. The molecule has 0 atom stereocenters. The van der Waals surface area contributed by atoms with Gasteiger partial charge in [-0.05, 0) is 31.3 Å². The van der Waals surface area contributed by atoms with Gasteiger partial charge in [0, 0.05) is 0 Å². The summed E-state index contributed by atoms with van der Waals surface area (Å²) >= 11 is 0. The van der Waals surface area contributed by atoms with Crippen LogP contribution >= 0.6 is 0 Å². The Hall–Kier alpha value is -2.31. The van der Waals surface area contributed by atoms with Crippen LogP contribution in [0.25, 0.3) is 0 Å². The number of rotatable bonds is 1. The molecule has 0 radical (unpaired) electrons. The number of nitrogens with two attached hydrogens (primary N) is 1. The van der Waals surface area contributed by atoms with E-state index in [0.717, 1.165) is 5.75 Å². The SMILES string of the molecule is CC.CN.COc1ccccc1.N#Cc1ccccc1. The molecule has 2 rings (SSSR count). The zero-order valence-corrected chi connectivity index (χ0v) is 12.7. The molecular formula is C17H24N2O. The van der Waals surface area contributed by atoms with Gasteiger partial charge in [0.05, 0.1) is 18.7 Å². The molecule has 0 fully saturated rings. The molecule has 0 saturated carbocycles. The van der Waals surface area contributed by atoms with E-state index in [1.165, 1.54) is 7.05 Å². The van der Waals surface area contributed by atoms with E-state index in [1.54, 1.807) is 19.2 Å². The fourth-order valence-corrected chi connectivity index (χ4v) is 1.07. The first-order chi connectivity index (χ1) is 9.86. The second-order valence-electron chi connectivity index (χ2n) is 3.00. The molecule has 2 aromatic carbocycles. The van der Waals surface area contributed by atoms with Gasteiger partial charge in [0.1, 0.15) is 5.75 Å². The van der Waals surface area contributed by atoms with Gasteiger partial charge in [0.15, 0.2) is 0 Å². The predicted octanol–water partition coefficient (Wildman–Crippen LogP) is 3.85. The van der Waals surface area contributed by atoms with E-state index in [4.69, 9.17) is 10.00 Å². The van der Waals surface area contributed by atoms with Gasteiger partial charge in [0.25, 0.3) is 0 Å². The molecule has 0 unspecified atom stereocenters. The van der Waals surface area contributed by atoms with Crippen LogP contribution in [0.2, 0.25) is 0 Å². The summed E-state index contributed by atoms with van der Waals surface area (Å²) in [5.74, 6) is 0.910. The van der Waals surface area contributed by atoms with Crippen molar-refractivity contribution in [2.24, 2.45) is 5.73 Å². The minimum Gasteiger partial charge on any atom is -0.497 e. The second kappa shape index (κ2) is 16.7. The van der Waals surface area contributed by atoms with Crippen molar-refractivity contribution >= 4 is 0 Å². The van der Waals surface area contributed by atoms with Crippen molar-refractivity contribution in [1.82, 2.24) is 0 Å². The van der Waals surface area contributed by atoms with E-state index < -0.39 is 0 Å². The van der Waals surface area contributed by atoms with Crippen LogP contribution in [-0.2, 0) is 0 Å². The van der Waals surface area contributed by atoms with Gasteiger partial charge in [-0.2, -0.15) is 5.26 Å². The van der Waals surface area contributed by atoms with Crippen LogP contribution in [0.5, 0.6) is 5.75 Å². The number of nitriles is 1. The van der Waals surface area contributed by atoms with Gasteiger partial charge in [-0.25, -0.2) is 0 Å². The fourth-order valence-electron chi connectivity index (χ4n) is 1.07. The van der Waals surface area contributed by atoms with E-state index in [1.807, 2.05) is 68.4 Å².